The highest BCUT2D eigenvalue weighted by Crippen LogP contribution is 2.35. The number of carbonyl (C=O) groups is 1. The number of halogens is 3. The van der Waals surface area contributed by atoms with Crippen molar-refractivity contribution in [1.82, 2.24) is 4.57 Å². The zero-order valence-corrected chi connectivity index (χ0v) is 22.4. The Hall–Kier alpha value is -2.56. The standard InChI is InChI=1S/C24H19Br2FN2O4S/c1-4-33-23(31)19-12(2)28-24-29(20(19)14-5-7-15(27)8-6-14)22(30)18(34-24)11-13-9-16(25)21(32-3)17(26)10-13/h5-11,20H,4H2,1-3H3/b18-11-/t20-/m0/s1. The highest BCUT2D eigenvalue weighted by Gasteiger charge is 2.33. The molecule has 2 heterocycles. The van der Waals surface area contributed by atoms with Gasteiger partial charge in [-0.25, -0.2) is 14.2 Å². The highest BCUT2D eigenvalue weighted by molar-refractivity contribution is 9.11. The molecule has 2 aromatic carbocycles. The fraction of sp³-hybridized carbons (Fsp3) is 0.208. The van der Waals surface area contributed by atoms with E-state index in [-0.39, 0.29) is 17.7 Å². The van der Waals surface area contributed by atoms with Crippen LogP contribution >= 0.6 is 43.2 Å². The van der Waals surface area contributed by atoms with E-state index in [1.165, 1.54) is 28.0 Å². The highest BCUT2D eigenvalue weighted by atomic mass is 79.9. The summed E-state index contributed by atoms with van der Waals surface area (Å²) in [5, 5.41) is 0. The quantitative estimate of drug-likeness (QED) is 0.400. The molecule has 6 nitrogen and oxygen atoms in total. The first kappa shape index (κ1) is 24.6. The summed E-state index contributed by atoms with van der Waals surface area (Å²) in [5.41, 5.74) is 1.75. The Morgan fingerprint density at radius 2 is 1.88 bits per heavy atom. The zero-order chi connectivity index (χ0) is 24.6. The van der Waals surface area contributed by atoms with Crippen molar-refractivity contribution >= 4 is 55.2 Å². The molecule has 0 amide bonds. The van der Waals surface area contributed by atoms with Gasteiger partial charge in [0.25, 0.3) is 5.56 Å². The van der Waals surface area contributed by atoms with Gasteiger partial charge in [-0.2, -0.15) is 0 Å². The molecule has 4 rings (SSSR count). The molecule has 0 fully saturated rings. The lowest BCUT2D eigenvalue weighted by molar-refractivity contribution is -0.139. The molecule has 10 heteroatoms. The molecule has 1 aliphatic heterocycles. The van der Waals surface area contributed by atoms with Crippen LogP contribution in [0, 0.1) is 5.82 Å². The van der Waals surface area contributed by atoms with E-state index in [2.05, 4.69) is 36.9 Å². The van der Waals surface area contributed by atoms with Crippen molar-refractivity contribution in [3.8, 4) is 5.75 Å². The number of thiazole rings is 1. The molecular weight excluding hydrogens is 591 g/mol. The Kier molecular flexibility index (Phi) is 7.20. The van der Waals surface area contributed by atoms with Crippen molar-refractivity contribution < 1.29 is 18.7 Å². The molecule has 0 saturated carbocycles. The minimum atomic E-state index is -0.785. The van der Waals surface area contributed by atoms with Crippen LogP contribution in [0.25, 0.3) is 6.08 Å². The van der Waals surface area contributed by atoms with E-state index in [4.69, 9.17) is 9.47 Å². The van der Waals surface area contributed by atoms with Gasteiger partial charge in [0.05, 0.1) is 44.5 Å². The predicted octanol–water partition coefficient (Wildman–Crippen LogP) is 4.47. The Bertz CT molecular complexity index is 1470. The molecule has 0 radical (unpaired) electrons. The maximum atomic E-state index is 13.6. The first-order valence-electron chi connectivity index (χ1n) is 10.2. The predicted molar refractivity (Wildman–Crippen MR) is 135 cm³/mol. The van der Waals surface area contributed by atoms with E-state index >= 15 is 0 Å². The number of rotatable bonds is 5. The summed E-state index contributed by atoms with van der Waals surface area (Å²) in [7, 11) is 1.57. The maximum Gasteiger partial charge on any atom is 0.338 e. The third-order valence-electron chi connectivity index (χ3n) is 5.23. The van der Waals surface area contributed by atoms with Crippen molar-refractivity contribution in [2.45, 2.75) is 19.9 Å². The van der Waals surface area contributed by atoms with Gasteiger partial charge >= 0.3 is 5.97 Å². The molecule has 1 aliphatic rings. The van der Waals surface area contributed by atoms with E-state index < -0.39 is 17.8 Å². The minimum absolute atomic E-state index is 0.178. The van der Waals surface area contributed by atoms with Crippen molar-refractivity contribution in [1.29, 1.82) is 0 Å². The van der Waals surface area contributed by atoms with Gasteiger partial charge in [0.2, 0.25) is 0 Å². The number of hydrogen-bond acceptors (Lipinski definition) is 6. The van der Waals surface area contributed by atoms with Gasteiger partial charge in [-0.1, -0.05) is 23.5 Å². The van der Waals surface area contributed by atoms with Gasteiger partial charge in [-0.3, -0.25) is 9.36 Å². The average Bonchev–Trinajstić information content (AvgIpc) is 3.08. The van der Waals surface area contributed by atoms with Gasteiger partial charge in [0.1, 0.15) is 11.6 Å². The van der Waals surface area contributed by atoms with Crippen molar-refractivity contribution in [2.75, 3.05) is 13.7 Å². The fourth-order valence-electron chi connectivity index (χ4n) is 3.76. The summed E-state index contributed by atoms with van der Waals surface area (Å²) >= 11 is 8.17. The summed E-state index contributed by atoms with van der Waals surface area (Å²) in [6, 6.07) is 8.63. The second kappa shape index (κ2) is 9.97. The van der Waals surface area contributed by atoms with E-state index in [0.29, 0.717) is 26.3 Å². The van der Waals surface area contributed by atoms with Gasteiger partial charge in [0.15, 0.2) is 4.80 Å². The van der Waals surface area contributed by atoms with Crippen LogP contribution in [0.15, 0.2) is 66.4 Å². The molecule has 0 saturated heterocycles. The number of hydrogen-bond donors (Lipinski definition) is 0. The molecule has 0 unspecified atom stereocenters. The lowest BCUT2D eigenvalue weighted by Gasteiger charge is -2.24. The first-order chi connectivity index (χ1) is 16.2. The monoisotopic (exact) mass is 608 g/mol. The third kappa shape index (κ3) is 4.54. The summed E-state index contributed by atoms with van der Waals surface area (Å²) < 4.78 is 27.6. The second-order valence-corrected chi connectivity index (χ2v) is 10.1. The van der Waals surface area contributed by atoms with Crippen molar-refractivity contribution in [2.24, 2.45) is 4.99 Å². The van der Waals surface area contributed by atoms with Crippen LogP contribution in [0.2, 0.25) is 0 Å². The SMILES string of the molecule is CCOC(=O)C1=C(C)N=c2s/c(=C\c3cc(Br)c(OC)c(Br)c3)c(=O)n2[C@H]1c1ccc(F)cc1. The van der Waals surface area contributed by atoms with E-state index in [1.54, 1.807) is 39.2 Å². The third-order valence-corrected chi connectivity index (χ3v) is 7.39. The molecule has 1 aromatic heterocycles. The van der Waals surface area contributed by atoms with Crippen LogP contribution in [-0.4, -0.2) is 24.3 Å². The summed E-state index contributed by atoms with van der Waals surface area (Å²) in [6.45, 7) is 3.59. The summed E-state index contributed by atoms with van der Waals surface area (Å²) in [4.78, 5) is 31.4. The average molecular weight is 610 g/mol. The smallest absolute Gasteiger partial charge is 0.338 e. The van der Waals surface area contributed by atoms with Crippen LogP contribution in [0.1, 0.15) is 31.0 Å². The number of ether oxygens (including phenoxy) is 2. The van der Waals surface area contributed by atoms with Crippen LogP contribution in [0.3, 0.4) is 0 Å². The number of aromatic nitrogens is 1. The molecule has 34 heavy (non-hydrogen) atoms. The number of fused-ring (bicyclic) bond motifs is 1. The number of carbonyl (C=O) groups excluding carboxylic acids is 1. The maximum absolute atomic E-state index is 13.6. The first-order valence-corrected chi connectivity index (χ1v) is 12.6. The molecule has 1 atom stereocenters. The topological polar surface area (TPSA) is 69.9 Å². The van der Waals surface area contributed by atoms with Crippen molar-refractivity contribution in [3.05, 3.63) is 93.2 Å². The largest absolute Gasteiger partial charge is 0.494 e. The van der Waals surface area contributed by atoms with E-state index in [9.17, 15) is 14.0 Å². The van der Waals surface area contributed by atoms with Gasteiger partial charge in [-0.05, 0) is 87.2 Å². The summed E-state index contributed by atoms with van der Waals surface area (Å²) in [5.74, 6) is -0.329. The van der Waals surface area contributed by atoms with E-state index in [1.807, 2.05) is 12.1 Å². The van der Waals surface area contributed by atoms with Crippen LogP contribution in [0.5, 0.6) is 5.75 Å². The van der Waals surface area contributed by atoms with Gasteiger partial charge in [-0.15, -0.1) is 0 Å². The molecule has 176 valence electrons. The molecule has 0 spiro atoms. The molecule has 0 aliphatic carbocycles. The fourth-order valence-corrected chi connectivity index (χ4v) is 6.35. The lowest BCUT2D eigenvalue weighted by Crippen LogP contribution is -2.39. The Morgan fingerprint density at radius 1 is 1.24 bits per heavy atom. The van der Waals surface area contributed by atoms with Gasteiger partial charge < -0.3 is 9.47 Å². The number of esters is 1. The summed E-state index contributed by atoms with van der Waals surface area (Å²) in [6.07, 6.45) is 1.75. The number of allylic oxidation sites excluding steroid dienone is 1. The molecule has 0 bridgehead atoms. The van der Waals surface area contributed by atoms with Gasteiger partial charge in [0, 0.05) is 0 Å². The Morgan fingerprint density at radius 3 is 2.47 bits per heavy atom. The molecule has 0 N–H and O–H groups in total. The van der Waals surface area contributed by atoms with Crippen LogP contribution < -0.4 is 19.6 Å². The lowest BCUT2D eigenvalue weighted by atomic mass is 9.96. The zero-order valence-electron chi connectivity index (χ0n) is 18.4. The van der Waals surface area contributed by atoms with E-state index in [0.717, 1.165) is 14.5 Å². The second-order valence-electron chi connectivity index (χ2n) is 7.37. The normalized spacial score (nSPS) is 15.7. The number of methoxy groups -OCH3 is 1. The minimum Gasteiger partial charge on any atom is -0.494 e. The van der Waals surface area contributed by atoms with Crippen LogP contribution in [-0.2, 0) is 9.53 Å². The van der Waals surface area contributed by atoms with Crippen molar-refractivity contribution in [3.63, 3.8) is 0 Å². The van der Waals surface area contributed by atoms with Crippen LogP contribution in [0.4, 0.5) is 4.39 Å². The molecular formula is C24H19Br2FN2O4S. The Balaban J connectivity index is 1.94. The number of nitrogens with zero attached hydrogens (tertiary/aromatic N) is 2. The number of benzene rings is 2. The Labute approximate surface area is 215 Å². The molecule has 3 aromatic rings.